The van der Waals surface area contributed by atoms with Gasteiger partial charge < -0.3 is 10.1 Å². The van der Waals surface area contributed by atoms with Gasteiger partial charge in [-0.3, -0.25) is 4.79 Å². The van der Waals surface area contributed by atoms with E-state index in [0.717, 1.165) is 15.4 Å². The lowest BCUT2D eigenvalue weighted by atomic mass is 9.98. The summed E-state index contributed by atoms with van der Waals surface area (Å²) in [6, 6.07) is 11.8. The highest BCUT2D eigenvalue weighted by atomic mass is 79.9. The molecule has 0 saturated carbocycles. The fraction of sp³-hybridized carbons (Fsp3) is 0. The number of aromatic amines is 1. The smallest absolute Gasteiger partial charge is 0.336 e. The summed E-state index contributed by atoms with van der Waals surface area (Å²) < 4.78 is 0.789. The van der Waals surface area contributed by atoms with Gasteiger partial charge in [0.15, 0.2) is 5.78 Å². The Balaban J connectivity index is 2.20. The van der Waals surface area contributed by atoms with Gasteiger partial charge in [0.05, 0.1) is 5.56 Å². The molecule has 5 heteroatoms. The summed E-state index contributed by atoms with van der Waals surface area (Å²) in [7, 11) is 0. The molecule has 0 saturated heterocycles. The predicted molar refractivity (Wildman–Crippen MR) is 82.8 cm³/mol. The molecule has 0 aliphatic carbocycles. The quantitative estimate of drug-likeness (QED) is 0.709. The third-order valence-corrected chi connectivity index (χ3v) is 3.96. The molecule has 0 spiro atoms. The first-order valence-electron chi connectivity index (χ1n) is 6.22. The lowest BCUT2D eigenvalue weighted by Gasteiger charge is -2.05. The average Bonchev–Trinajstić information content (AvgIpc) is 2.92. The number of carbonyl (C=O) groups excluding carboxylic acids is 1. The molecule has 0 radical (unpaired) electrons. The van der Waals surface area contributed by atoms with Gasteiger partial charge in [0.2, 0.25) is 0 Å². The molecule has 0 fully saturated rings. The number of fused-ring (bicyclic) bond motifs is 1. The number of hydrogen-bond donors (Lipinski definition) is 2. The van der Waals surface area contributed by atoms with Gasteiger partial charge in [-0.1, -0.05) is 40.2 Å². The molecule has 0 unspecified atom stereocenters. The zero-order valence-corrected chi connectivity index (χ0v) is 12.3. The van der Waals surface area contributed by atoms with Crippen molar-refractivity contribution >= 4 is 38.6 Å². The van der Waals surface area contributed by atoms with Gasteiger partial charge in [-0.05, 0) is 18.2 Å². The van der Waals surface area contributed by atoms with Gasteiger partial charge in [0.1, 0.15) is 0 Å². The van der Waals surface area contributed by atoms with E-state index in [1.54, 1.807) is 18.3 Å². The number of carboxylic acids is 1. The Bertz CT molecular complexity index is 867. The minimum Gasteiger partial charge on any atom is -0.478 e. The van der Waals surface area contributed by atoms with Crippen molar-refractivity contribution in [2.75, 3.05) is 0 Å². The monoisotopic (exact) mass is 343 g/mol. The van der Waals surface area contributed by atoms with Crippen molar-refractivity contribution in [3.8, 4) is 0 Å². The van der Waals surface area contributed by atoms with E-state index >= 15 is 0 Å². The molecule has 0 amide bonds. The molecule has 0 atom stereocenters. The molecule has 0 aliphatic rings. The third kappa shape index (κ3) is 2.25. The lowest BCUT2D eigenvalue weighted by Crippen LogP contribution is -2.09. The van der Waals surface area contributed by atoms with E-state index in [-0.39, 0.29) is 16.9 Å². The van der Waals surface area contributed by atoms with Crippen molar-refractivity contribution < 1.29 is 14.7 Å². The SMILES string of the molecule is O=C(O)c1ccccc1C(=O)c1c[nH]c2cccc(Br)c12. The van der Waals surface area contributed by atoms with E-state index in [4.69, 9.17) is 0 Å². The molecule has 1 aromatic heterocycles. The number of nitrogens with one attached hydrogen (secondary N) is 1. The molecule has 3 rings (SSSR count). The zero-order chi connectivity index (χ0) is 15.0. The Labute approximate surface area is 128 Å². The molecule has 4 nitrogen and oxygen atoms in total. The summed E-state index contributed by atoms with van der Waals surface area (Å²) in [5.41, 5.74) is 1.46. The maximum absolute atomic E-state index is 12.7. The first-order chi connectivity index (χ1) is 10.1. The summed E-state index contributed by atoms with van der Waals surface area (Å²) in [6.07, 6.45) is 1.61. The Morgan fingerprint density at radius 3 is 2.38 bits per heavy atom. The normalized spacial score (nSPS) is 10.7. The van der Waals surface area contributed by atoms with Crippen molar-refractivity contribution in [3.63, 3.8) is 0 Å². The number of rotatable bonds is 3. The molecule has 0 bridgehead atoms. The summed E-state index contributed by atoms with van der Waals surface area (Å²) in [5.74, 6) is -1.43. The predicted octanol–water partition coefficient (Wildman–Crippen LogP) is 3.86. The van der Waals surface area contributed by atoms with Gasteiger partial charge in [-0.2, -0.15) is 0 Å². The van der Waals surface area contributed by atoms with E-state index in [1.807, 2.05) is 18.2 Å². The van der Waals surface area contributed by atoms with Crippen LogP contribution in [0.25, 0.3) is 10.9 Å². The Morgan fingerprint density at radius 2 is 1.67 bits per heavy atom. The van der Waals surface area contributed by atoms with Crippen LogP contribution in [0, 0.1) is 0 Å². The third-order valence-electron chi connectivity index (χ3n) is 3.30. The minimum absolute atomic E-state index is 0.00361. The van der Waals surface area contributed by atoms with Crippen LogP contribution >= 0.6 is 15.9 Å². The summed E-state index contributed by atoms with van der Waals surface area (Å²) in [4.78, 5) is 27.0. The molecule has 2 N–H and O–H groups in total. The van der Waals surface area contributed by atoms with Crippen molar-refractivity contribution in [1.29, 1.82) is 0 Å². The van der Waals surface area contributed by atoms with Crippen LogP contribution < -0.4 is 0 Å². The second kappa shape index (κ2) is 5.18. The fourth-order valence-electron chi connectivity index (χ4n) is 2.33. The average molecular weight is 344 g/mol. The van der Waals surface area contributed by atoms with Crippen LogP contribution in [-0.2, 0) is 0 Å². The van der Waals surface area contributed by atoms with Gasteiger partial charge in [-0.15, -0.1) is 0 Å². The zero-order valence-electron chi connectivity index (χ0n) is 10.8. The van der Waals surface area contributed by atoms with Crippen molar-refractivity contribution in [3.05, 3.63) is 69.8 Å². The van der Waals surface area contributed by atoms with E-state index in [9.17, 15) is 14.7 Å². The van der Waals surface area contributed by atoms with Crippen LogP contribution in [0.4, 0.5) is 0 Å². The highest BCUT2D eigenvalue weighted by Crippen LogP contribution is 2.29. The number of halogens is 1. The van der Waals surface area contributed by atoms with Crippen LogP contribution in [0.1, 0.15) is 26.3 Å². The first-order valence-corrected chi connectivity index (χ1v) is 7.01. The van der Waals surface area contributed by atoms with E-state index in [0.29, 0.717) is 5.56 Å². The van der Waals surface area contributed by atoms with Crippen LogP contribution in [0.3, 0.4) is 0 Å². The number of H-pyrrole nitrogens is 1. The number of benzene rings is 2. The Morgan fingerprint density at radius 1 is 0.952 bits per heavy atom. The molecule has 104 valence electrons. The lowest BCUT2D eigenvalue weighted by molar-refractivity contribution is 0.0693. The number of aromatic carboxylic acids is 1. The van der Waals surface area contributed by atoms with Crippen molar-refractivity contribution in [2.24, 2.45) is 0 Å². The van der Waals surface area contributed by atoms with Crippen LogP contribution in [0.15, 0.2) is 53.1 Å². The van der Waals surface area contributed by atoms with Gasteiger partial charge >= 0.3 is 5.97 Å². The molecule has 21 heavy (non-hydrogen) atoms. The molecule has 3 aromatic rings. The van der Waals surface area contributed by atoms with E-state index in [1.165, 1.54) is 12.1 Å². The maximum atomic E-state index is 12.7. The van der Waals surface area contributed by atoms with Gasteiger partial charge in [0, 0.05) is 32.7 Å². The number of ketones is 1. The Hall–Kier alpha value is -2.40. The molecular formula is C16H10BrNO3. The molecule has 2 aromatic carbocycles. The topological polar surface area (TPSA) is 70.2 Å². The van der Waals surface area contributed by atoms with Gasteiger partial charge in [0.25, 0.3) is 0 Å². The largest absolute Gasteiger partial charge is 0.478 e. The van der Waals surface area contributed by atoms with Crippen LogP contribution in [0.5, 0.6) is 0 Å². The first kappa shape index (κ1) is 13.6. The standard InChI is InChI=1S/C16H10BrNO3/c17-12-6-3-7-13-14(12)11(8-18-13)15(19)9-4-1-2-5-10(9)16(20)21/h1-8,18H,(H,20,21). The number of carboxylic acid groups (broad SMARTS) is 1. The van der Waals surface area contributed by atoms with Crippen LogP contribution in [0.2, 0.25) is 0 Å². The summed E-state index contributed by atoms with van der Waals surface area (Å²) in [5, 5.41) is 9.96. The minimum atomic E-state index is -1.11. The summed E-state index contributed by atoms with van der Waals surface area (Å²) >= 11 is 3.43. The second-order valence-electron chi connectivity index (χ2n) is 4.54. The molecule has 1 heterocycles. The van der Waals surface area contributed by atoms with Gasteiger partial charge in [-0.25, -0.2) is 4.79 Å². The van der Waals surface area contributed by atoms with Crippen molar-refractivity contribution in [1.82, 2.24) is 4.98 Å². The highest BCUT2D eigenvalue weighted by Gasteiger charge is 2.20. The Kier molecular flexibility index (Phi) is 3.35. The fourth-order valence-corrected chi connectivity index (χ4v) is 2.91. The van der Waals surface area contributed by atoms with Crippen molar-refractivity contribution in [2.45, 2.75) is 0 Å². The van der Waals surface area contributed by atoms with E-state index < -0.39 is 5.97 Å². The second-order valence-corrected chi connectivity index (χ2v) is 5.40. The summed E-state index contributed by atoms with van der Waals surface area (Å²) in [6.45, 7) is 0. The molecule has 0 aliphatic heterocycles. The highest BCUT2D eigenvalue weighted by molar-refractivity contribution is 9.10. The maximum Gasteiger partial charge on any atom is 0.336 e. The number of aromatic nitrogens is 1. The van der Waals surface area contributed by atoms with E-state index in [2.05, 4.69) is 20.9 Å². The van der Waals surface area contributed by atoms with Crippen LogP contribution in [-0.4, -0.2) is 21.8 Å². The number of carbonyl (C=O) groups is 2. The number of hydrogen-bond acceptors (Lipinski definition) is 2. The molecular weight excluding hydrogens is 334 g/mol.